The van der Waals surface area contributed by atoms with E-state index in [1.54, 1.807) is 6.07 Å². The van der Waals surface area contributed by atoms with Gasteiger partial charge in [-0.2, -0.15) is 0 Å². The Morgan fingerprint density at radius 3 is 2.74 bits per heavy atom. The maximum Gasteiger partial charge on any atom is 0.251 e. The van der Waals surface area contributed by atoms with Crippen LogP contribution < -0.4 is 11.1 Å². The molecule has 2 fully saturated rings. The highest BCUT2D eigenvalue weighted by molar-refractivity contribution is 7.23. The number of nitrogens with two attached hydrogens (primary N) is 1. The van der Waals surface area contributed by atoms with Crippen LogP contribution in [-0.2, 0) is 9.47 Å². The number of thiazole rings is 1. The van der Waals surface area contributed by atoms with Crippen molar-refractivity contribution < 1.29 is 18.7 Å². The van der Waals surface area contributed by atoms with E-state index in [1.807, 2.05) is 34.9 Å². The third kappa shape index (κ3) is 3.88. The number of benzene rings is 2. The van der Waals surface area contributed by atoms with E-state index in [2.05, 4.69) is 10.3 Å². The molecule has 9 heteroatoms. The lowest BCUT2D eigenvalue weighted by Crippen LogP contribution is -2.38. The van der Waals surface area contributed by atoms with Gasteiger partial charge in [0.15, 0.2) is 4.96 Å². The number of fused-ring (bicyclic) bond motifs is 3. The molecule has 34 heavy (non-hydrogen) atoms. The second-order valence-corrected chi connectivity index (χ2v) is 10.00. The average Bonchev–Trinajstić information content (AvgIpc) is 3.36. The molecule has 0 radical (unpaired) electrons. The highest BCUT2D eigenvalue weighted by Gasteiger charge is 2.27. The van der Waals surface area contributed by atoms with Crippen LogP contribution in [0.5, 0.6) is 0 Å². The standard InChI is InChI=1S/C25H25FN4O3S/c26-19-9-14(23(27)16-12-33-13-16)1-3-18(19)20-11-30-21-4-2-15(10-22(21)34-25(30)29-20)24(31)28-17-5-7-32-8-6-17/h1-4,9-11,16-17,23H,5-8,12-13,27H2,(H,28,31). The first-order chi connectivity index (χ1) is 16.6. The molecular formula is C25H25FN4O3S. The fourth-order valence-electron chi connectivity index (χ4n) is 4.56. The Hall–Kier alpha value is -2.85. The summed E-state index contributed by atoms with van der Waals surface area (Å²) in [6.07, 6.45) is 3.51. The summed E-state index contributed by atoms with van der Waals surface area (Å²) in [4.78, 5) is 18.1. The Balaban J connectivity index is 1.25. The van der Waals surface area contributed by atoms with Gasteiger partial charge >= 0.3 is 0 Å². The first kappa shape index (κ1) is 21.7. The normalized spacial score (nSPS) is 18.3. The average molecular weight is 481 g/mol. The van der Waals surface area contributed by atoms with E-state index in [1.165, 1.54) is 17.4 Å². The fourth-order valence-corrected chi connectivity index (χ4v) is 5.61. The molecule has 2 aliphatic rings. The lowest BCUT2D eigenvalue weighted by Gasteiger charge is -2.31. The van der Waals surface area contributed by atoms with E-state index in [0.717, 1.165) is 33.6 Å². The van der Waals surface area contributed by atoms with E-state index in [-0.39, 0.29) is 29.7 Å². The Bertz CT molecular complexity index is 1370. The Labute approximate surface area is 199 Å². The smallest absolute Gasteiger partial charge is 0.251 e. The van der Waals surface area contributed by atoms with Gasteiger partial charge in [-0.05, 0) is 48.7 Å². The summed E-state index contributed by atoms with van der Waals surface area (Å²) < 4.78 is 28.4. The van der Waals surface area contributed by atoms with Gasteiger partial charge in [-0.3, -0.25) is 9.20 Å². The largest absolute Gasteiger partial charge is 0.381 e. The molecule has 176 valence electrons. The summed E-state index contributed by atoms with van der Waals surface area (Å²) >= 11 is 1.48. The number of aromatic nitrogens is 2. The number of rotatable bonds is 5. The molecule has 2 aromatic heterocycles. The Morgan fingerprint density at radius 2 is 2.00 bits per heavy atom. The van der Waals surface area contributed by atoms with Crippen molar-refractivity contribution in [1.29, 1.82) is 0 Å². The third-order valence-corrected chi connectivity index (χ3v) is 7.76. The van der Waals surface area contributed by atoms with Gasteiger partial charge in [0.1, 0.15) is 5.82 Å². The summed E-state index contributed by atoms with van der Waals surface area (Å²) in [5.41, 5.74) is 9.59. The molecule has 0 saturated carbocycles. The summed E-state index contributed by atoms with van der Waals surface area (Å²) in [7, 11) is 0. The second-order valence-electron chi connectivity index (χ2n) is 8.99. The van der Waals surface area contributed by atoms with Gasteiger partial charge in [-0.25, -0.2) is 9.37 Å². The number of carbonyl (C=O) groups is 1. The van der Waals surface area contributed by atoms with Crippen LogP contribution >= 0.6 is 11.3 Å². The zero-order valence-electron chi connectivity index (χ0n) is 18.5. The molecule has 2 aliphatic heterocycles. The van der Waals surface area contributed by atoms with Crippen molar-refractivity contribution in [2.45, 2.75) is 24.9 Å². The maximum atomic E-state index is 15.0. The van der Waals surface area contributed by atoms with Crippen LogP contribution in [0.15, 0.2) is 42.6 Å². The van der Waals surface area contributed by atoms with Crippen molar-refractivity contribution >= 4 is 32.4 Å². The second kappa shape index (κ2) is 8.74. The molecule has 0 spiro atoms. The minimum atomic E-state index is -0.338. The predicted octanol–water partition coefficient (Wildman–Crippen LogP) is 3.91. The van der Waals surface area contributed by atoms with Crippen molar-refractivity contribution in [2.75, 3.05) is 26.4 Å². The molecule has 4 aromatic rings. The molecule has 0 aliphatic carbocycles. The number of carbonyl (C=O) groups excluding carboxylic acids is 1. The van der Waals surface area contributed by atoms with E-state index < -0.39 is 0 Å². The highest BCUT2D eigenvalue weighted by Crippen LogP contribution is 2.33. The molecule has 6 rings (SSSR count). The van der Waals surface area contributed by atoms with Gasteiger partial charge in [-0.1, -0.05) is 17.4 Å². The minimum absolute atomic E-state index is 0.0747. The van der Waals surface area contributed by atoms with Crippen molar-refractivity contribution in [3.05, 3.63) is 59.5 Å². The molecule has 3 N–H and O–H groups in total. The maximum absolute atomic E-state index is 15.0. The highest BCUT2D eigenvalue weighted by atomic mass is 32.1. The van der Waals surface area contributed by atoms with Crippen LogP contribution in [-0.4, -0.2) is 47.8 Å². The molecule has 2 saturated heterocycles. The molecular weight excluding hydrogens is 455 g/mol. The Morgan fingerprint density at radius 1 is 1.18 bits per heavy atom. The van der Waals surface area contributed by atoms with Crippen LogP contribution in [0.4, 0.5) is 4.39 Å². The van der Waals surface area contributed by atoms with Crippen LogP contribution in [0.3, 0.4) is 0 Å². The molecule has 4 heterocycles. The first-order valence-corrected chi connectivity index (χ1v) is 12.3. The fraction of sp³-hybridized carbons (Fsp3) is 0.360. The zero-order chi connectivity index (χ0) is 23.2. The summed E-state index contributed by atoms with van der Waals surface area (Å²) in [5, 5.41) is 3.10. The van der Waals surface area contributed by atoms with Crippen molar-refractivity contribution in [3.8, 4) is 11.3 Å². The third-order valence-electron chi connectivity index (χ3n) is 6.74. The number of ether oxygens (including phenoxy) is 2. The number of hydrogen-bond donors (Lipinski definition) is 2. The molecule has 0 bridgehead atoms. The predicted molar refractivity (Wildman–Crippen MR) is 129 cm³/mol. The van der Waals surface area contributed by atoms with Crippen molar-refractivity contribution in [2.24, 2.45) is 11.7 Å². The topological polar surface area (TPSA) is 90.9 Å². The van der Waals surface area contributed by atoms with E-state index >= 15 is 0 Å². The van der Waals surface area contributed by atoms with Gasteiger partial charge < -0.3 is 20.5 Å². The van der Waals surface area contributed by atoms with Gasteiger partial charge in [0.25, 0.3) is 5.91 Å². The SMILES string of the molecule is NC(c1ccc(-c2cn3c(n2)sc2cc(C(=O)NC4CCOCC4)ccc23)c(F)c1)C1COC1. The molecule has 1 amide bonds. The van der Waals surface area contributed by atoms with E-state index in [4.69, 9.17) is 15.2 Å². The van der Waals surface area contributed by atoms with Crippen LogP contribution in [0, 0.1) is 11.7 Å². The summed E-state index contributed by atoms with van der Waals surface area (Å²) in [5.74, 6) is -0.178. The molecule has 1 atom stereocenters. The van der Waals surface area contributed by atoms with Gasteiger partial charge in [-0.15, -0.1) is 0 Å². The Kier molecular flexibility index (Phi) is 5.57. The number of nitrogens with zero attached hydrogens (tertiary/aromatic N) is 2. The van der Waals surface area contributed by atoms with Gasteiger partial charge in [0.05, 0.1) is 29.1 Å². The van der Waals surface area contributed by atoms with E-state index in [9.17, 15) is 9.18 Å². The first-order valence-electron chi connectivity index (χ1n) is 11.5. The number of halogens is 1. The van der Waals surface area contributed by atoms with Crippen LogP contribution in [0.25, 0.3) is 26.4 Å². The monoisotopic (exact) mass is 480 g/mol. The lowest BCUT2D eigenvalue weighted by molar-refractivity contribution is -0.0442. The minimum Gasteiger partial charge on any atom is -0.381 e. The van der Waals surface area contributed by atoms with Gasteiger partial charge in [0.2, 0.25) is 0 Å². The quantitative estimate of drug-likeness (QED) is 0.452. The lowest BCUT2D eigenvalue weighted by atomic mass is 9.91. The van der Waals surface area contributed by atoms with Crippen LogP contribution in [0.2, 0.25) is 0 Å². The van der Waals surface area contributed by atoms with E-state index in [0.29, 0.717) is 43.2 Å². The summed E-state index contributed by atoms with van der Waals surface area (Å²) in [6, 6.07) is 10.7. The number of imidazole rings is 1. The zero-order valence-corrected chi connectivity index (χ0v) is 19.3. The number of nitrogens with one attached hydrogen (secondary N) is 1. The molecule has 2 aromatic carbocycles. The molecule has 7 nitrogen and oxygen atoms in total. The van der Waals surface area contributed by atoms with Gasteiger partial charge in [0, 0.05) is 48.5 Å². The van der Waals surface area contributed by atoms with Crippen LogP contribution in [0.1, 0.15) is 34.8 Å². The number of hydrogen-bond acceptors (Lipinski definition) is 6. The molecule has 1 unspecified atom stereocenters. The van der Waals surface area contributed by atoms with Crippen molar-refractivity contribution in [3.63, 3.8) is 0 Å². The van der Waals surface area contributed by atoms with Crippen molar-refractivity contribution in [1.82, 2.24) is 14.7 Å². The number of amides is 1. The summed E-state index contributed by atoms with van der Waals surface area (Å²) in [6.45, 7) is 2.60.